The van der Waals surface area contributed by atoms with Gasteiger partial charge in [-0.1, -0.05) is 30.7 Å². The minimum Gasteiger partial charge on any atom is -0.508 e. The van der Waals surface area contributed by atoms with Gasteiger partial charge in [-0.2, -0.15) is 0 Å². The van der Waals surface area contributed by atoms with Crippen molar-refractivity contribution < 1.29 is 10.2 Å². The van der Waals surface area contributed by atoms with Crippen LogP contribution in [-0.4, -0.2) is 16.3 Å². The van der Waals surface area contributed by atoms with Gasteiger partial charge in [-0.3, -0.25) is 0 Å². The van der Waals surface area contributed by atoms with E-state index < -0.39 is 6.10 Å². The molecule has 1 aromatic carbocycles. The highest BCUT2D eigenvalue weighted by Gasteiger charge is 2.13. The molecule has 0 aromatic heterocycles. The average Bonchev–Trinajstić information content (AvgIpc) is 2.15. The summed E-state index contributed by atoms with van der Waals surface area (Å²) < 4.78 is 0. The van der Waals surface area contributed by atoms with Crippen molar-refractivity contribution in [3.8, 4) is 5.75 Å². The van der Waals surface area contributed by atoms with E-state index in [0.717, 1.165) is 16.7 Å². The van der Waals surface area contributed by atoms with Gasteiger partial charge >= 0.3 is 0 Å². The number of phenolic OH excluding ortho intramolecular Hbond substituents is 1. The number of allylic oxidation sites excluding steroid dienone is 1. The van der Waals surface area contributed by atoms with Crippen molar-refractivity contribution in [3.05, 3.63) is 41.0 Å². The van der Waals surface area contributed by atoms with Crippen LogP contribution in [0.1, 0.15) is 44.2 Å². The van der Waals surface area contributed by atoms with E-state index in [1.54, 1.807) is 6.07 Å². The Bertz CT molecular complexity index is 403. The molecular formula is C15H22O2. The molecule has 0 saturated heterocycles. The molecule has 0 aliphatic rings. The molecule has 2 nitrogen and oxygen atoms in total. The Morgan fingerprint density at radius 2 is 2.00 bits per heavy atom. The third-order valence-electron chi connectivity index (χ3n) is 2.84. The summed E-state index contributed by atoms with van der Waals surface area (Å²) in [6.07, 6.45) is 2.03. The molecule has 0 saturated carbocycles. The van der Waals surface area contributed by atoms with Gasteiger partial charge in [-0.05, 0) is 50.3 Å². The second-order valence-corrected chi connectivity index (χ2v) is 5.01. The van der Waals surface area contributed by atoms with E-state index >= 15 is 0 Å². The van der Waals surface area contributed by atoms with Gasteiger partial charge in [-0.25, -0.2) is 0 Å². The van der Waals surface area contributed by atoms with Crippen LogP contribution in [0.2, 0.25) is 0 Å². The SMILES string of the molecule is CC(C)=C[C@@H](O)C[C@@H](C)c1ccc(C)cc1O. The van der Waals surface area contributed by atoms with E-state index in [9.17, 15) is 10.2 Å². The summed E-state index contributed by atoms with van der Waals surface area (Å²) >= 11 is 0. The summed E-state index contributed by atoms with van der Waals surface area (Å²) in [5, 5.41) is 19.7. The summed E-state index contributed by atoms with van der Waals surface area (Å²) in [4.78, 5) is 0. The topological polar surface area (TPSA) is 40.5 Å². The van der Waals surface area contributed by atoms with Crippen molar-refractivity contribution in [2.24, 2.45) is 0 Å². The Kier molecular flexibility index (Phi) is 4.76. The molecule has 0 spiro atoms. The van der Waals surface area contributed by atoms with Crippen molar-refractivity contribution >= 4 is 0 Å². The monoisotopic (exact) mass is 234 g/mol. The Balaban J connectivity index is 2.76. The summed E-state index contributed by atoms with van der Waals surface area (Å²) in [6, 6.07) is 5.68. The maximum absolute atomic E-state index is 9.86. The molecule has 94 valence electrons. The highest BCUT2D eigenvalue weighted by molar-refractivity contribution is 5.38. The minimum absolute atomic E-state index is 0.140. The largest absolute Gasteiger partial charge is 0.508 e. The van der Waals surface area contributed by atoms with E-state index in [1.807, 2.05) is 45.9 Å². The number of aryl methyl sites for hydroxylation is 1. The molecule has 0 radical (unpaired) electrons. The van der Waals surface area contributed by atoms with Gasteiger partial charge in [0.15, 0.2) is 0 Å². The van der Waals surface area contributed by atoms with Gasteiger partial charge in [0, 0.05) is 0 Å². The molecule has 1 aromatic rings. The summed E-state index contributed by atoms with van der Waals surface area (Å²) in [5.74, 6) is 0.461. The molecule has 1 rings (SSSR count). The Morgan fingerprint density at radius 3 is 2.53 bits per heavy atom. The van der Waals surface area contributed by atoms with Crippen LogP contribution >= 0.6 is 0 Å². The molecule has 0 fully saturated rings. The fourth-order valence-corrected chi connectivity index (χ4v) is 2.01. The Labute approximate surface area is 104 Å². The van der Waals surface area contributed by atoms with Crippen LogP contribution in [0.15, 0.2) is 29.8 Å². The van der Waals surface area contributed by atoms with Crippen LogP contribution < -0.4 is 0 Å². The molecule has 0 amide bonds. The molecule has 0 unspecified atom stereocenters. The average molecular weight is 234 g/mol. The van der Waals surface area contributed by atoms with Crippen molar-refractivity contribution in [2.45, 2.75) is 46.1 Å². The number of aliphatic hydroxyl groups excluding tert-OH is 1. The summed E-state index contributed by atoms with van der Waals surface area (Å²) in [7, 11) is 0. The van der Waals surface area contributed by atoms with Crippen molar-refractivity contribution in [2.75, 3.05) is 0 Å². The van der Waals surface area contributed by atoms with E-state index in [-0.39, 0.29) is 5.92 Å². The zero-order chi connectivity index (χ0) is 13.0. The van der Waals surface area contributed by atoms with Gasteiger partial charge in [0.05, 0.1) is 6.10 Å². The van der Waals surface area contributed by atoms with Gasteiger partial charge in [0.1, 0.15) is 5.75 Å². The Hall–Kier alpha value is -1.28. The number of phenols is 1. The first-order valence-electron chi connectivity index (χ1n) is 6.02. The van der Waals surface area contributed by atoms with Gasteiger partial charge < -0.3 is 10.2 Å². The molecule has 2 heteroatoms. The molecule has 0 aliphatic carbocycles. The van der Waals surface area contributed by atoms with Crippen LogP contribution in [0.25, 0.3) is 0 Å². The van der Waals surface area contributed by atoms with Crippen LogP contribution in [0, 0.1) is 6.92 Å². The van der Waals surface area contributed by atoms with Gasteiger partial charge in [0.2, 0.25) is 0 Å². The fourth-order valence-electron chi connectivity index (χ4n) is 2.01. The predicted octanol–water partition coefficient (Wildman–Crippen LogP) is 3.52. The molecule has 0 bridgehead atoms. The minimum atomic E-state index is -0.448. The zero-order valence-corrected chi connectivity index (χ0v) is 11.1. The highest BCUT2D eigenvalue weighted by atomic mass is 16.3. The van der Waals surface area contributed by atoms with E-state index in [1.165, 1.54) is 0 Å². The fraction of sp³-hybridized carbons (Fsp3) is 0.467. The first-order chi connectivity index (χ1) is 7.90. The summed E-state index contributed by atoms with van der Waals surface area (Å²) in [5.41, 5.74) is 3.05. The second kappa shape index (κ2) is 5.87. The predicted molar refractivity (Wildman–Crippen MR) is 71.3 cm³/mol. The van der Waals surface area contributed by atoms with Crippen molar-refractivity contribution in [1.29, 1.82) is 0 Å². The lowest BCUT2D eigenvalue weighted by molar-refractivity contribution is 0.203. The zero-order valence-electron chi connectivity index (χ0n) is 11.1. The number of hydrogen-bond acceptors (Lipinski definition) is 2. The molecule has 0 aliphatic heterocycles. The van der Waals surface area contributed by atoms with E-state index in [4.69, 9.17) is 0 Å². The number of benzene rings is 1. The highest BCUT2D eigenvalue weighted by Crippen LogP contribution is 2.29. The maximum Gasteiger partial charge on any atom is 0.119 e. The standard InChI is InChI=1S/C15H22O2/c1-10(2)7-13(16)9-12(4)14-6-5-11(3)8-15(14)17/h5-8,12-13,16-17H,9H2,1-4H3/t12-,13-/m1/s1. The van der Waals surface area contributed by atoms with Crippen molar-refractivity contribution in [1.82, 2.24) is 0 Å². The maximum atomic E-state index is 9.86. The third-order valence-corrected chi connectivity index (χ3v) is 2.84. The first-order valence-corrected chi connectivity index (χ1v) is 6.02. The van der Waals surface area contributed by atoms with Crippen LogP contribution in [-0.2, 0) is 0 Å². The molecular weight excluding hydrogens is 212 g/mol. The lowest BCUT2D eigenvalue weighted by atomic mass is 9.93. The lowest BCUT2D eigenvalue weighted by Gasteiger charge is -2.16. The number of aromatic hydroxyl groups is 1. The molecule has 0 heterocycles. The molecule has 17 heavy (non-hydrogen) atoms. The van der Waals surface area contributed by atoms with E-state index in [2.05, 4.69) is 0 Å². The number of aliphatic hydroxyl groups is 1. The normalized spacial score (nSPS) is 14.2. The van der Waals surface area contributed by atoms with Crippen LogP contribution in [0.4, 0.5) is 0 Å². The number of hydrogen-bond donors (Lipinski definition) is 2. The Morgan fingerprint density at radius 1 is 1.35 bits per heavy atom. The number of rotatable bonds is 4. The lowest BCUT2D eigenvalue weighted by Crippen LogP contribution is -2.08. The molecule has 2 atom stereocenters. The quantitative estimate of drug-likeness (QED) is 0.782. The molecule has 2 N–H and O–H groups in total. The van der Waals surface area contributed by atoms with Gasteiger partial charge in [-0.15, -0.1) is 0 Å². The first kappa shape index (κ1) is 13.8. The summed E-state index contributed by atoms with van der Waals surface area (Å²) in [6.45, 7) is 7.91. The van der Waals surface area contributed by atoms with Crippen LogP contribution in [0.3, 0.4) is 0 Å². The van der Waals surface area contributed by atoms with E-state index in [0.29, 0.717) is 12.2 Å². The third kappa shape index (κ3) is 4.23. The smallest absolute Gasteiger partial charge is 0.119 e. The van der Waals surface area contributed by atoms with Crippen LogP contribution in [0.5, 0.6) is 5.75 Å². The van der Waals surface area contributed by atoms with Gasteiger partial charge in [0.25, 0.3) is 0 Å². The second-order valence-electron chi connectivity index (χ2n) is 5.01. The van der Waals surface area contributed by atoms with Crippen molar-refractivity contribution in [3.63, 3.8) is 0 Å².